The quantitative estimate of drug-likeness (QED) is 0.853. The summed E-state index contributed by atoms with van der Waals surface area (Å²) in [6.45, 7) is 1.90. The number of carbonyl (C=O) groups excluding carboxylic acids is 1. The Hall–Kier alpha value is -1.84. The number of nitrogens with one attached hydrogen (secondary N) is 1. The molecule has 2 N–H and O–H groups in total. The van der Waals surface area contributed by atoms with Crippen molar-refractivity contribution in [3.63, 3.8) is 0 Å². The maximum Gasteiger partial charge on any atom is 0.326 e. The van der Waals surface area contributed by atoms with Gasteiger partial charge in [0.1, 0.15) is 6.04 Å². The van der Waals surface area contributed by atoms with Gasteiger partial charge in [-0.25, -0.2) is 4.79 Å². The van der Waals surface area contributed by atoms with Crippen molar-refractivity contribution in [3.8, 4) is 0 Å². The molecule has 1 aromatic carbocycles. The van der Waals surface area contributed by atoms with Gasteiger partial charge >= 0.3 is 5.97 Å². The second-order valence-corrected chi connectivity index (χ2v) is 4.99. The summed E-state index contributed by atoms with van der Waals surface area (Å²) in [5.41, 5.74) is 3.08. The molecule has 0 unspecified atom stereocenters. The van der Waals surface area contributed by atoms with Crippen LogP contribution in [0.2, 0.25) is 0 Å². The van der Waals surface area contributed by atoms with E-state index in [2.05, 4.69) is 5.32 Å². The Morgan fingerprint density at radius 2 is 2.05 bits per heavy atom. The molecule has 0 heterocycles. The van der Waals surface area contributed by atoms with Gasteiger partial charge in [-0.3, -0.25) is 4.79 Å². The molecule has 4 nitrogen and oxygen atoms in total. The van der Waals surface area contributed by atoms with Gasteiger partial charge in [0.2, 0.25) is 0 Å². The average Bonchev–Trinajstić information content (AvgIpc) is 2.85. The van der Waals surface area contributed by atoms with Crippen LogP contribution in [0.5, 0.6) is 0 Å². The number of carboxylic acid groups (broad SMARTS) is 1. The number of aryl methyl sites for hydroxylation is 2. The van der Waals surface area contributed by atoms with E-state index in [1.807, 2.05) is 19.1 Å². The van der Waals surface area contributed by atoms with E-state index in [1.54, 1.807) is 6.07 Å². The van der Waals surface area contributed by atoms with E-state index in [4.69, 9.17) is 5.11 Å². The van der Waals surface area contributed by atoms with E-state index in [-0.39, 0.29) is 5.91 Å². The molecule has 0 aromatic heterocycles. The summed E-state index contributed by atoms with van der Waals surface area (Å²) in [4.78, 5) is 23.1. The predicted molar refractivity (Wildman–Crippen MR) is 72.3 cm³/mol. The summed E-state index contributed by atoms with van der Waals surface area (Å²) in [7, 11) is 0. The highest BCUT2D eigenvalue weighted by Crippen LogP contribution is 2.22. The van der Waals surface area contributed by atoms with Gasteiger partial charge in [0.15, 0.2) is 0 Å². The topological polar surface area (TPSA) is 66.4 Å². The van der Waals surface area contributed by atoms with Gasteiger partial charge in [-0.05, 0) is 48.9 Å². The maximum absolute atomic E-state index is 12.1. The molecular weight excluding hydrogens is 242 g/mol. The third-order valence-electron chi connectivity index (χ3n) is 3.54. The molecule has 0 saturated heterocycles. The van der Waals surface area contributed by atoms with Crippen LogP contribution in [0.4, 0.5) is 0 Å². The van der Waals surface area contributed by atoms with Crippen molar-refractivity contribution in [1.29, 1.82) is 0 Å². The fourth-order valence-electron chi connectivity index (χ4n) is 2.50. The molecule has 1 atom stereocenters. The molecule has 0 radical (unpaired) electrons. The van der Waals surface area contributed by atoms with E-state index >= 15 is 0 Å². The molecule has 0 spiro atoms. The zero-order valence-corrected chi connectivity index (χ0v) is 11.1. The average molecular weight is 261 g/mol. The molecule has 2 rings (SSSR count). The highest BCUT2D eigenvalue weighted by molar-refractivity contribution is 5.96. The zero-order valence-electron chi connectivity index (χ0n) is 11.1. The van der Waals surface area contributed by atoms with Gasteiger partial charge in [-0.2, -0.15) is 0 Å². The molecule has 102 valence electrons. The lowest BCUT2D eigenvalue weighted by molar-refractivity contribution is -0.139. The maximum atomic E-state index is 12.1. The van der Waals surface area contributed by atoms with Crippen LogP contribution in [0.3, 0.4) is 0 Å². The van der Waals surface area contributed by atoms with Crippen LogP contribution >= 0.6 is 0 Å². The van der Waals surface area contributed by atoms with Gasteiger partial charge in [0.05, 0.1) is 0 Å². The van der Waals surface area contributed by atoms with E-state index in [9.17, 15) is 9.59 Å². The second kappa shape index (κ2) is 5.87. The summed E-state index contributed by atoms with van der Waals surface area (Å²) in [6.07, 6.45) is 4.39. The molecule has 1 aliphatic carbocycles. The standard InChI is InChI=1S/C15H19NO3/c1-2-4-13(15(18)19)16-14(17)12-8-7-10-5-3-6-11(10)9-12/h7-9,13H,2-6H2,1H3,(H,16,17)(H,18,19)/t13-/m0/s1. The number of carboxylic acids is 1. The van der Waals surface area contributed by atoms with Crippen molar-refractivity contribution in [3.05, 3.63) is 34.9 Å². The zero-order chi connectivity index (χ0) is 13.8. The third-order valence-corrected chi connectivity index (χ3v) is 3.54. The number of fused-ring (bicyclic) bond motifs is 1. The summed E-state index contributed by atoms with van der Waals surface area (Å²) >= 11 is 0. The van der Waals surface area contributed by atoms with Gasteiger partial charge in [0.25, 0.3) is 5.91 Å². The molecule has 0 aliphatic heterocycles. The van der Waals surface area contributed by atoms with Crippen molar-refractivity contribution in [2.45, 2.75) is 45.1 Å². The number of rotatable bonds is 5. The first-order chi connectivity index (χ1) is 9.11. The highest BCUT2D eigenvalue weighted by Gasteiger charge is 2.20. The predicted octanol–water partition coefficient (Wildman–Crippen LogP) is 2.16. The normalized spacial score (nSPS) is 14.8. The fraction of sp³-hybridized carbons (Fsp3) is 0.467. The first kappa shape index (κ1) is 13.6. The van der Waals surface area contributed by atoms with Crippen LogP contribution in [-0.2, 0) is 17.6 Å². The van der Waals surface area contributed by atoms with Crippen molar-refractivity contribution >= 4 is 11.9 Å². The molecule has 0 fully saturated rings. The van der Waals surface area contributed by atoms with Crippen LogP contribution in [0.15, 0.2) is 18.2 Å². The van der Waals surface area contributed by atoms with Crippen LogP contribution in [0.25, 0.3) is 0 Å². The minimum Gasteiger partial charge on any atom is -0.480 e. The number of aliphatic carboxylic acids is 1. The van der Waals surface area contributed by atoms with E-state index < -0.39 is 12.0 Å². The van der Waals surface area contributed by atoms with Crippen LogP contribution in [-0.4, -0.2) is 23.0 Å². The van der Waals surface area contributed by atoms with Crippen molar-refractivity contribution in [2.24, 2.45) is 0 Å². The Morgan fingerprint density at radius 1 is 1.32 bits per heavy atom. The number of carbonyl (C=O) groups is 2. The molecule has 0 bridgehead atoms. The number of hydrogen-bond donors (Lipinski definition) is 2. The van der Waals surface area contributed by atoms with Gasteiger partial charge < -0.3 is 10.4 Å². The molecule has 1 amide bonds. The van der Waals surface area contributed by atoms with Gasteiger partial charge in [0, 0.05) is 5.56 Å². The largest absolute Gasteiger partial charge is 0.480 e. The Bertz CT molecular complexity index is 496. The van der Waals surface area contributed by atoms with Crippen molar-refractivity contribution in [2.75, 3.05) is 0 Å². The SMILES string of the molecule is CCC[C@H](NC(=O)c1ccc2c(c1)CCC2)C(=O)O. The summed E-state index contributed by atoms with van der Waals surface area (Å²) in [5.74, 6) is -1.27. The Morgan fingerprint density at radius 3 is 2.74 bits per heavy atom. The van der Waals surface area contributed by atoms with Crippen molar-refractivity contribution in [1.82, 2.24) is 5.32 Å². The molecular formula is C15H19NO3. The molecule has 1 aliphatic rings. The van der Waals surface area contributed by atoms with Gasteiger partial charge in [-0.1, -0.05) is 19.4 Å². The van der Waals surface area contributed by atoms with Gasteiger partial charge in [-0.15, -0.1) is 0 Å². The minimum atomic E-state index is -0.976. The number of hydrogen-bond acceptors (Lipinski definition) is 2. The van der Waals surface area contributed by atoms with E-state index in [0.29, 0.717) is 12.0 Å². The molecule has 1 aromatic rings. The van der Waals surface area contributed by atoms with Crippen molar-refractivity contribution < 1.29 is 14.7 Å². The first-order valence-electron chi connectivity index (χ1n) is 6.77. The number of amides is 1. The Balaban J connectivity index is 2.09. The lowest BCUT2D eigenvalue weighted by Crippen LogP contribution is -2.40. The summed E-state index contributed by atoms with van der Waals surface area (Å²) in [6, 6.07) is 4.85. The van der Waals surface area contributed by atoms with Crippen LogP contribution < -0.4 is 5.32 Å². The Labute approximate surface area is 112 Å². The smallest absolute Gasteiger partial charge is 0.326 e. The minimum absolute atomic E-state index is 0.296. The molecule has 0 saturated carbocycles. The molecule has 4 heteroatoms. The molecule has 19 heavy (non-hydrogen) atoms. The fourth-order valence-corrected chi connectivity index (χ4v) is 2.50. The second-order valence-electron chi connectivity index (χ2n) is 4.99. The first-order valence-corrected chi connectivity index (χ1v) is 6.77. The highest BCUT2D eigenvalue weighted by atomic mass is 16.4. The lowest BCUT2D eigenvalue weighted by atomic mass is 10.1. The summed E-state index contributed by atoms with van der Waals surface area (Å²) in [5, 5.41) is 11.6. The summed E-state index contributed by atoms with van der Waals surface area (Å²) < 4.78 is 0. The third kappa shape index (κ3) is 3.13. The lowest BCUT2D eigenvalue weighted by Gasteiger charge is -2.14. The van der Waals surface area contributed by atoms with E-state index in [1.165, 1.54) is 11.1 Å². The monoisotopic (exact) mass is 261 g/mol. The van der Waals surface area contributed by atoms with Crippen LogP contribution in [0.1, 0.15) is 47.7 Å². The Kier molecular flexibility index (Phi) is 4.20. The van der Waals surface area contributed by atoms with E-state index in [0.717, 1.165) is 25.7 Å². The van der Waals surface area contributed by atoms with Crippen LogP contribution in [0, 0.1) is 0 Å². The number of benzene rings is 1.